The number of benzene rings is 2. The predicted molar refractivity (Wildman–Crippen MR) is 87.5 cm³/mol. The molecule has 1 atom stereocenters. The molecule has 0 fully saturated rings. The lowest BCUT2D eigenvalue weighted by molar-refractivity contribution is -0.127. The van der Waals surface area contributed by atoms with Gasteiger partial charge in [-0.25, -0.2) is 0 Å². The highest BCUT2D eigenvalue weighted by atomic mass is 127. The number of carbonyl (C=O) groups is 1. The van der Waals surface area contributed by atoms with Crippen LogP contribution in [0.2, 0.25) is 0 Å². The molecule has 2 aromatic rings. The molecule has 0 radical (unpaired) electrons. The lowest BCUT2D eigenvalue weighted by Crippen LogP contribution is -2.35. The number of ether oxygens (including phenoxy) is 1. The van der Waals surface area contributed by atoms with E-state index in [2.05, 4.69) is 27.9 Å². The maximum absolute atomic E-state index is 12.0. The van der Waals surface area contributed by atoms with Gasteiger partial charge in [-0.3, -0.25) is 4.79 Å². The third-order valence-corrected chi connectivity index (χ3v) is 3.52. The highest BCUT2D eigenvalue weighted by Gasteiger charge is 2.13. The van der Waals surface area contributed by atoms with Crippen molar-refractivity contribution in [3.8, 4) is 5.75 Å². The highest BCUT2D eigenvalue weighted by Crippen LogP contribution is 2.15. The van der Waals surface area contributed by atoms with E-state index in [0.717, 1.165) is 9.13 Å². The third-order valence-electron chi connectivity index (χ3n) is 2.81. The Kier molecular flexibility index (Phi) is 5.40. The fourth-order valence-corrected chi connectivity index (χ4v) is 2.06. The summed E-state index contributed by atoms with van der Waals surface area (Å²) in [6, 6.07) is 17.4. The molecule has 1 amide bonds. The van der Waals surface area contributed by atoms with Gasteiger partial charge in [0.1, 0.15) is 5.75 Å². The normalized spacial score (nSPS) is 11.7. The maximum Gasteiger partial charge on any atom is 0.261 e. The number of carbonyl (C=O) groups excluding carboxylic acids is 1. The Morgan fingerprint density at radius 2 is 1.80 bits per heavy atom. The summed E-state index contributed by atoms with van der Waals surface area (Å²) in [5, 5.41) is 2.86. The van der Waals surface area contributed by atoms with Crippen molar-refractivity contribution in [2.24, 2.45) is 0 Å². The summed E-state index contributed by atoms with van der Waals surface area (Å²) in [6.45, 7) is 2.26. The molecule has 1 N–H and O–H groups in total. The number of nitrogens with one attached hydrogen (secondary N) is 1. The average molecular weight is 381 g/mol. The fourth-order valence-electron chi connectivity index (χ4n) is 1.70. The van der Waals surface area contributed by atoms with E-state index in [1.165, 1.54) is 0 Å². The van der Waals surface area contributed by atoms with E-state index in [1.54, 1.807) is 6.92 Å². The lowest BCUT2D eigenvalue weighted by atomic mass is 10.2. The first-order chi connectivity index (χ1) is 9.65. The van der Waals surface area contributed by atoms with E-state index >= 15 is 0 Å². The molecule has 0 heterocycles. The average Bonchev–Trinajstić information content (AvgIpc) is 2.48. The molecule has 104 valence electrons. The number of amides is 1. The van der Waals surface area contributed by atoms with Crippen LogP contribution >= 0.6 is 22.6 Å². The Bertz CT molecular complexity index is 554. The Labute approximate surface area is 132 Å². The summed E-state index contributed by atoms with van der Waals surface area (Å²) in [6.07, 6.45) is -0.515. The second-order valence-corrected chi connectivity index (χ2v) is 5.66. The van der Waals surface area contributed by atoms with Crippen molar-refractivity contribution in [2.75, 3.05) is 0 Å². The minimum atomic E-state index is -0.515. The quantitative estimate of drug-likeness (QED) is 0.807. The van der Waals surface area contributed by atoms with Gasteiger partial charge in [-0.15, -0.1) is 0 Å². The van der Waals surface area contributed by atoms with Gasteiger partial charge in [-0.1, -0.05) is 30.3 Å². The zero-order valence-electron chi connectivity index (χ0n) is 11.2. The summed E-state index contributed by atoms with van der Waals surface area (Å²) in [5.74, 6) is 0.584. The first kappa shape index (κ1) is 14.8. The summed E-state index contributed by atoms with van der Waals surface area (Å²) in [5.41, 5.74) is 1.07. The van der Waals surface area contributed by atoms with Crippen LogP contribution in [0.25, 0.3) is 0 Å². The van der Waals surface area contributed by atoms with Crippen molar-refractivity contribution in [1.82, 2.24) is 5.32 Å². The minimum absolute atomic E-state index is 0.118. The first-order valence-electron chi connectivity index (χ1n) is 6.39. The largest absolute Gasteiger partial charge is 0.481 e. The smallest absolute Gasteiger partial charge is 0.261 e. The molecule has 0 aliphatic heterocycles. The van der Waals surface area contributed by atoms with Gasteiger partial charge in [0.2, 0.25) is 0 Å². The van der Waals surface area contributed by atoms with Gasteiger partial charge in [0.05, 0.1) is 0 Å². The third kappa shape index (κ3) is 4.52. The summed E-state index contributed by atoms with van der Waals surface area (Å²) in [7, 11) is 0. The van der Waals surface area contributed by atoms with Gasteiger partial charge < -0.3 is 10.1 Å². The van der Waals surface area contributed by atoms with Gasteiger partial charge in [0.15, 0.2) is 6.10 Å². The second-order valence-electron chi connectivity index (χ2n) is 4.42. The lowest BCUT2D eigenvalue weighted by Gasteiger charge is -2.14. The predicted octanol–water partition coefficient (Wildman–Crippen LogP) is 3.37. The maximum atomic E-state index is 12.0. The molecule has 3 nitrogen and oxygen atoms in total. The van der Waals surface area contributed by atoms with Crippen LogP contribution in [0.3, 0.4) is 0 Å². The van der Waals surface area contributed by atoms with Crippen LogP contribution in [-0.2, 0) is 11.3 Å². The van der Waals surface area contributed by atoms with Crippen LogP contribution in [0.1, 0.15) is 12.5 Å². The Hall–Kier alpha value is -1.56. The van der Waals surface area contributed by atoms with E-state index in [9.17, 15) is 4.79 Å². The molecular formula is C16H16INO2. The Morgan fingerprint density at radius 1 is 1.15 bits per heavy atom. The van der Waals surface area contributed by atoms with Crippen molar-refractivity contribution < 1.29 is 9.53 Å². The van der Waals surface area contributed by atoms with Crippen molar-refractivity contribution in [2.45, 2.75) is 19.6 Å². The number of halogens is 1. The van der Waals surface area contributed by atoms with Gasteiger partial charge in [0, 0.05) is 10.1 Å². The summed E-state index contributed by atoms with van der Waals surface area (Å²) >= 11 is 2.23. The monoisotopic (exact) mass is 381 g/mol. The molecule has 0 aromatic heterocycles. The summed E-state index contributed by atoms with van der Waals surface area (Å²) in [4.78, 5) is 12.0. The van der Waals surface area contributed by atoms with Crippen LogP contribution in [-0.4, -0.2) is 12.0 Å². The molecule has 0 bridgehead atoms. The minimum Gasteiger partial charge on any atom is -0.481 e. The van der Waals surface area contributed by atoms with Gasteiger partial charge in [0.25, 0.3) is 5.91 Å². The van der Waals surface area contributed by atoms with Crippen LogP contribution in [0.4, 0.5) is 0 Å². The topological polar surface area (TPSA) is 38.3 Å². The standard InChI is InChI=1S/C16H16INO2/c1-12(20-15-9-7-14(17)8-10-15)16(19)18-11-13-5-3-2-4-6-13/h2-10,12H,11H2,1H3,(H,18,19)/t12-/m0/s1. The highest BCUT2D eigenvalue weighted by molar-refractivity contribution is 14.1. The number of hydrogen-bond donors (Lipinski definition) is 1. The van der Waals surface area contributed by atoms with E-state index < -0.39 is 6.10 Å². The van der Waals surface area contributed by atoms with Gasteiger partial charge >= 0.3 is 0 Å². The van der Waals surface area contributed by atoms with Crippen LogP contribution in [0.15, 0.2) is 54.6 Å². The molecule has 2 rings (SSSR count). The first-order valence-corrected chi connectivity index (χ1v) is 7.47. The molecule has 4 heteroatoms. The number of hydrogen-bond acceptors (Lipinski definition) is 2. The molecule has 0 saturated carbocycles. The van der Waals surface area contributed by atoms with Gasteiger partial charge in [-0.05, 0) is 59.3 Å². The van der Waals surface area contributed by atoms with Crippen molar-refractivity contribution in [3.63, 3.8) is 0 Å². The van der Waals surface area contributed by atoms with Crippen molar-refractivity contribution >= 4 is 28.5 Å². The molecule has 0 saturated heterocycles. The molecule has 20 heavy (non-hydrogen) atoms. The fraction of sp³-hybridized carbons (Fsp3) is 0.188. The van der Waals surface area contributed by atoms with E-state index in [1.807, 2.05) is 54.6 Å². The molecule has 0 aliphatic carbocycles. The SMILES string of the molecule is C[C@H](Oc1ccc(I)cc1)C(=O)NCc1ccccc1. The van der Waals surface area contributed by atoms with Crippen LogP contribution in [0.5, 0.6) is 5.75 Å². The molecule has 0 aliphatic rings. The molecular weight excluding hydrogens is 365 g/mol. The summed E-state index contributed by atoms with van der Waals surface area (Å²) < 4.78 is 6.74. The van der Waals surface area contributed by atoms with Crippen molar-refractivity contribution in [1.29, 1.82) is 0 Å². The zero-order chi connectivity index (χ0) is 14.4. The van der Waals surface area contributed by atoms with Gasteiger partial charge in [-0.2, -0.15) is 0 Å². The van der Waals surface area contributed by atoms with E-state index in [4.69, 9.17) is 4.74 Å². The molecule has 2 aromatic carbocycles. The number of rotatable bonds is 5. The second kappa shape index (κ2) is 7.28. The molecule has 0 unspecified atom stereocenters. The molecule has 0 spiro atoms. The van der Waals surface area contributed by atoms with Crippen LogP contribution < -0.4 is 10.1 Å². The zero-order valence-corrected chi connectivity index (χ0v) is 13.3. The van der Waals surface area contributed by atoms with Crippen molar-refractivity contribution in [3.05, 3.63) is 63.7 Å². The Balaban J connectivity index is 1.84. The van der Waals surface area contributed by atoms with E-state index in [-0.39, 0.29) is 5.91 Å². The van der Waals surface area contributed by atoms with E-state index in [0.29, 0.717) is 12.3 Å². The van der Waals surface area contributed by atoms with Crippen LogP contribution in [0, 0.1) is 3.57 Å². The Morgan fingerprint density at radius 3 is 2.45 bits per heavy atom.